The molecule has 3 saturated carbocycles. The van der Waals surface area contributed by atoms with E-state index in [2.05, 4.69) is 238 Å². The summed E-state index contributed by atoms with van der Waals surface area (Å²) in [6.07, 6.45) is 3.48. The summed E-state index contributed by atoms with van der Waals surface area (Å²) in [4.78, 5) is 77.6. The Balaban J connectivity index is 0.000000168. The number of nitrogens with one attached hydrogen (secondary N) is 3. The molecule has 4 heterocycles. The third-order valence-electron chi connectivity index (χ3n) is 28.5. The monoisotopic (exact) mass is 1950 g/mol. The van der Waals surface area contributed by atoms with Gasteiger partial charge in [-0.15, -0.1) is 0 Å². The predicted octanol–water partition coefficient (Wildman–Crippen LogP) is 21.5. The van der Waals surface area contributed by atoms with Crippen molar-refractivity contribution in [2.45, 2.75) is 252 Å². The molecular weight excluding hydrogens is 1800 g/mol. The molecule has 0 bridgehead atoms. The normalized spacial score (nSPS) is 19.6. The molecule has 1 unspecified atom stereocenters. The zero-order chi connectivity index (χ0) is 101. The Kier molecular flexibility index (Phi) is 39.1. The highest BCUT2D eigenvalue weighted by molar-refractivity contribution is 5.81. The van der Waals surface area contributed by atoms with E-state index < -0.39 is 40.2 Å². The van der Waals surface area contributed by atoms with Crippen molar-refractivity contribution in [2.75, 3.05) is 174 Å². The average molecular weight is 1950 g/mol. The largest absolute Gasteiger partial charge is 0.496 e. The molecule has 23 nitrogen and oxygen atoms in total. The molecule has 7 aliphatic rings. The van der Waals surface area contributed by atoms with E-state index in [4.69, 9.17) is 23.7 Å². The first-order valence-corrected chi connectivity index (χ1v) is 50.6. The first-order valence-electron chi connectivity index (χ1n) is 50.6. The number of aryl methyl sites for hydroxylation is 7. The second-order valence-corrected chi connectivity index (χ2v) is 41.1. The van der Waals surface area contributed by atoms with Gasteiger partial charge in [0.25, 0.3) is 11.6 Å². The van der Waals surface area contributed by atoms with Crippen LogP contribution >= 0.6 is 0 Å². The van der Waals surface area contributed by atoms with Crippen LogP contribution in [0.1, 0.15) is 200 Å². The van der Waals surface area contributed by atoms with E-state index in [1.807, 2.05) is 28.5 Å². The van der Waals surface area contributed by atoms with Crippen LogP contribution in [0, 0.1) is 51.7 Å². The summed E-state index contributed by atoms with van der Waals surface area (Å²) >= 11 is 0. The van der Waals surface area contributed by atoms with E-state index >= 15 is 0 Å². The van der Waals surface area contributed by atoms with Gasteiger partial charge in [0.2, 0.25) is 17.7 Å². The van der Waals surface area contributed by atoms with Gasteiger partial charge < -0.3 is 78.8 Å². The SMILES string of the molecule is COc1cc(NC2CCC(OCC(=O)N3CCN(c4ccc(C(C)(C)C)cc4)CC3)CC2)ccc1C.Cc1ccc(N2CCN(C(=O)C(C)OC3CCC(Nc4ccc(C)c(C(F)(F)F)c4)CC3)CC2)cc1.Cc1ccc(N2CCN(C(=O)COCCCCc3ccc([N+](=O)[O-])c(C(F)(F)F)c3)CC2)cc1.Cc1ccc(NC2CCC(OCC(=O)N3CCN(c4ccc(C(C)(C)C)cc4)CC3)CC2)cc1C. The second-order valence-electron chi connectivity index (χ2n) is 41.1. The minimum atomic E-state index is -4.78. The molecular formula is C112H150F6N12O11. The minimum absolute atomic E-state index is 0.0143. The molecule has 141 heavy (non-hydrogen) atoms. The molecule has 766 valence electrons. The van der Waals surface area contributed by atoms with Gasteiger partial charge in [-0.1, -0.05) is 125 Å². The van der Waals surface area contributed by atoms with Crippen molar-refractivity contribution < 1.29 is 74.1 Å². The van der Waals surface area contributed by atoms with Crippen LogP contribution < -0.4 is 40.3 Å². The molecule has 0 radical (unpaired) electrons. The van der Waals surface area contributed by atoms with Crippen molar-refractivity contribution in [3.63, 3.8) is 0 Å². The van der Waals surface area contributed by atoms with Gasteiger partial charge in [0.05, 0.1) is 35.9 Å². The lowest BCUT2D eigenvalue weighted by Crippen LogP contribution is -2.52. The van der Waals surface area contributed by atoms with Gasteiger partial charge in [0, 0.05) is 181 Å². The van der Waals surface area contributed by atoms with Crippen LogP contribution in [0.3, 0.4) is 0 Å². The first kappa shape index (κ1) is 109. The van der Waals surface area contributed by atoms with Gasteiger partial charge in [-0.25, -0.2) is 0 Å². The molecule has 7 fully saturated rings. The van der Waals surface area contributed by atoms with E-state index in [-0.39, 0.29) is 84.2 Å². The number of rotatable bonds is 28. The van der Waals surface area contributed by atoms with E-state index in [1.165, 1.54) is 81.3 Å². The van der Waals surface area contributed by atoms with Crippen LogP contribution in [0.4, 0.5) is 71.8 Å². The van der Waals surface area contributed by atoms with Crippen molar-refractivity contribution in [1.29, 1.82) is 0 Å². The summed E-state index contributed by atoms with van der Waals surface area (Å²) in [5.41, 5.74) is 14.7. The number of anilines is 7. The van der Waals surface area contributed by atoms with Crippen molar-refractivity contribution >= 4 is 69.1 Å². The third kappa shape index (κ3) is 32.7. The maximum absolute atomic E-state index is 13.2. The minimum Gasteiger partial charge on any atom is -0.496 e. The molecule has 4 saturated heterocycles. The van der Waals surface area contributed by atoms with Crippen LogP contribution in [0.2, 0.25) is 0 Å². The molecule has 29 heteroatoms. The zero-order valence-corrected chi connectivity index (χ0v) is 85.2. The number of carbonyl (C=O) groups excluding carboxylic acids is 4. The Labute approximate surface area is 831 Å². The topological polar surface area (TPSA) is 220 Å². The maximum atomic E-state index is 13.2. The van der Waals surface area contributed by atoms with Crippen LogP contribution in [-0.2, 0) is 67.7 Å². The smallest absolute Gasteiger partial charge is 0.423 e. The fourth-order valence-electron chi connectivity index (χ4n) is 19.3. The van der Waals surface area contributed by atoms with E-state index in [9.17, 15) is 55.6 Å². The van der Waals surface area contributed by atoms with Gasteiger partial charge in [-0.3, -0.25) is 29.3 Å². The van der Waals surface area contributed by atoms with Crippen molar-refractivity contribution in [3.05, 3.63) is 241 Å². The Morgan fingerprint density at radius 2 is 0.759 bits per heavy atom. The molecule has 8 aromatic carbocycles. The van der Waals surface area contributed by atoms with E-state index in [0.717, 1.165) is 190 Å². The molecule has 3 N–H and O–H groups in total. The third-order valence-corrected chi connectivity index (χ3v) is 28.5. The fraction of sp³-hybridized carbons (Fsp3) is 0.536. The Morgan fingerprint density at radius 3 is 1.14 bits per heavy atom. The number of nitro groups is 1. The van der Waals surface area contributed by atoms with Crippen LogP contribution in [0.5, 0.6) is 5.75 Å². The van der Waals surface area contributed by atoms with Gasteiger partial charge in [0.15, 0.2) is 0 Å². The Morgan fingerprint density at radius 1 is 0.397 bits per heavy atom. The molecule has 1 atom stereocenters. The van der Waals surface area contributed by atoms with E-state index in [0.29, 0.717) is 75.4 Å². The van der Waals surface area contributed by atoms with E-state index in [1.54, 1.807) is 18.1 Å². The van der Waals surface area contributed by atoms with Gasteiger partial charge in [-0.2, -0.15) is 26.3 Å². The number of unbranched alkanes of at least 4 members (excludes halogenated alkanes) is 1. The van der Waals surface area contributed by atoms with Crippen molar-refractivity contribution in [3.8, 4) is 5.75 Å². The number of halogens is 6. The quantitative estimate of drug-likeness (QED) is 0.0180. The summed E-state index contributed by atoms with van der Waals surface area (Å²) in [5, 5.41) is 21.4. The number of nitrogens with zero attached hydrogens (tertiary/aromatic N) is 9. The molecule has 3 aliphatic carbocycles. The highest BCUT2D eigenvalue weighted by atomic mass is 19.4. The van der Waals surface area contributed by atoms with Crippen LogP contribution in [0.15, 0.2) is 170 Å². The summed E-state index contributed by atoms with van der Waals surface area (Å²) < 4.78 is 108. The highest BCUT2D eigenvalue weighted by Gasteiger charge is 2.40. The number of alkyl halides is 6. The van der Waals surface area contributed by atoms with Gasteiger partial charge in [0.1, 0.15) is 37.2 Å². The number of carbonyl (C=O) groups is 4. The van der Waals surface area contributed by atoms with Crippen LogP contribution in [-0.4, -0.2) is 229 Å². The highest BCUT2D eigenvalue weighted by Crippen LogP contribution is 2.40. The zero-order valence-electron chi connectivity index (χ0n) is 85.2. The number of nitro benzene ring substituents is 1. The number of hydrogen-bond donors (Lipinski definition) is 3. The lowest BCUT2D eigenvalue weighted by Gasteiger charge is -2.38. The number of methoxy groups -OCH3 is 1. The number of ether oxygens (including phenoxy) is 5. The molecule has 15 rings (SSSR count). The molecule has 4 amide bonds. The molecule has 0 spiro atoms. The summed E-state index contributed by atoms with van der Waals surface area (Å²) in [6, 6.07) is 55.8. The lowest BCUT2D eigenvalue weighted by atomic mass is 9.87. The molecule has 4 aliphatic heterocycles. The average Bonchev–Trinajstić information content (AvgIpc) is 0.791. The summed E-state index contributed by atoms with van der Waals surface area (Å²) in [7, 11) is 1.71. The Hall–Kier alpha value is -11.1. The van der Waals surface area contributed by atoms with Crippen molar-refractivity contribution in [1.82, 2.24) is 19.6 Å². The van der Waals surface area contributed by atoms with Crippen LogP contribution in [0.25, 0.3) is 0 Å². The second kappa shape index (κ2) is 50.7. The number of piperazine rings is 4. The lowest BCUT2D eigenvalue weighted by molar-refractivity contribution is -0.388. The van der Waals surface area contributed by atoms with Crippen molar-refractivity contribution in [2.24, 2.45) is 0 Å². The molecule has 8 aromatic rings. The summed E-state index contributed by atoms with van der Waals surface area (Å²) in [6.45, 7) is 40.1. The fourth-order valence-corrected chi connectivity index (χ4v) is 19.3. The molecule has 0 aromatic heterocycles. The summed E-state index contributed by atoms with van der Waals surface area (Å²) in [5.74, 6) is 1.11. The number of amides is 4. The number of benzene rings is 8. The van der Waals surface area contributed by atoms with Gasteiger partial charge in [-0.05, 0) is 279 Å². The first-order chi connectivity index (χ1) is 67.2. The Bertz CT molecular complexity index is 5310. The standard InChI is InChI=1S/C30H43N3O3.C30H43N3O2.C28H36F3N3O2.C24H28F3N3O4/c1-22-6-9-25(20-28(22)35-5)31-24-10-14-27(15-11-24)36-21-29(34)33-18-16-32(17-19-33)26-12-7-23(8-13-26)30(2,3)4;1-22-6-9-26(20-23(22)2)31-25-10-14-28(15-11-25)35-21-29(34)33-18-16-32(17-19-33)27-12-7-24(8-13-27)30(3,4)5;1-19-4-10-24(11-5-19)33-14-16-34(17-15-33)27(35)21(3)36-25-12-8-22(9-13-25)32-23-7-6-20(2)26(18-23)28(29,30)31;1-18-5-8-20(9-6-18)28-11-13-29(14-12-28)23(31)17-34-15-3-2-4-19-7-10-22(30(32)33)21(16-19)24(25,26)27/h6-9,12-13,20,24,27,31H,10-11,14-19,21H2,1-5H3;6-9,12-13,20,25,28,31H,10-11,14-19,21H2,1-5H3;4-7,10-11,18,21-22,25,32H,8-9,12-17H2,1-3H3;5-10,16H,2-4,11-15,17H2,1H3. The number of hydrogen-bond acceptors (Lipinski definition) is 18. The maximum Gasteiger partial charge on any atom is 0.423 e. The predicted molar refractivity (Wildman–Crippen MR) is 551 cm³/mol. The van der Waals surface area contributed by atoms with Gasteiger partial charge >= 0.3 is 12.4 Å².